The van der Waals surface area contributed by atoms with Gasteiger partial charge >= 0.3 is 0 Å². The van der Waals surface area contributed by atoms with Crippen LogP contribution in [0, 0.1) is 0 Å². The minimum absolute atomic E-state index is 0.189. The van der Waals surface area contributed by atoms with Crippen LogP contribution in [0.1, 0.15) is 25.5 Å². The number of halogens is 1. The highest BCUT2D eigenvalue weighted by molar-refractivity contribution is 7.80. The summed E-state index contributed by atoms with van der Waals surface area (Å²) in [7, 11) is 0. The molecule has 1 aromatic rings. The smallest absolute Gasteiger partial charge is 0.166 e. The van der Waals surface area contributed by atoms with Crippen molar-refractivity contribution in [2.45, 2.75) is 19.9 Å². The highest BCUT2D eigenvalue weighted by atomic mass is 35.5. The predicted octanol–water partition coefficient (Wildman–Crippen LogP) is 2.89. The summed E-state index contributed by atoms with van der Waals surface area (Å²) in [6.07, 6.45) is 0. The summed E-state index contributed by atoms with van der Waals surface area (Å²) in [5, 5.41) is 7.68. The summed E-state index contributed by atoms with van der Waals surface area (Å²) in [5.74, 6) is 0. The fourth-order valence-corrected chi connectivity index (χ4v) is 1.69. The van der Waals surface area contributed by atoms with Crippen LogP contribution < -0.4 is 10.6 Å². The van der Waals surface area contributed by atoms with Crippen molar-refractivity contribution >= 4 is 28.9 Å². The van der Waals surface area contributed by atoms with Crippen molar-refractivity contribution in [2.75, 3.05) is 6.54 Å². The number of hydrogen-bond acceptors (Lipinski definition) is 1. The van der Waals surface area contributed by atoms with E-state index >= 15 is 0 Å². The molecule has 0 aliphatic carbocycles. The first-order chi connectivity index (χ1) is 7.13. The largest absolute Gasteiger partial charge is 0.363 e. The molecule has 0 amide bonds. The maximum atomic E-state index is 5.81. The third-order valence-corrected chi connectivity index (χ3v) is 2.57. The van der Waals surface area contributed by atoms with Gasteiger partial charge in [-0.25, -0.2) is 0 Å². The van der Waals surface area contributed by atoms with Gasteiger partial charge in [-0.1, -0.05) is 23.7 Å². The molecular weight excluding hydrogens is 228 g/mol. The summed E-state index contributed by atoms with van der Waals surface area (Å²) in [4.78, 5) is 0. The maximum Gasteiger partial charge on any atom is 0.166 e. The molecule has 0 saturated carbocycles. The van der Waals surface area contributed by atoms with Crippen LogP contribution in [0.3, 0.4) is 0 Å². The molecule has 1 rings (SSSR count). The van der Waals surface area contributed by atoms with E-state index in [2.05, 4.69) is 17.6 Å². The highest BCUT2D eigenvalue weighted by Gasteiger charge is 2.05. The van der Waals surface area contributed by atoms with Crippen LogP contribution in [0.5, 0.6) is 0 Å². The highest BCUT2D eigenvalue weighted by Crippen LogP contribution is 2.15. The number of hydrogen-bond donors (Lipinski definition) is 2. The van der Waals surface area contributed by atoms with Crippen LogP contribution in [0.25, 0.3) is 0 Å². The molecule has 0 aromatic heterocycles. The Hall–Kier alpha value is -0.800. The van der Waals surface area contributed by atoms with Crippen LogP contribution in [0.15, 0.2) is 24.3 Å². The first-order valence-corrected chi connectivity index (χ1v) is 5.72. The zero-order valence-electron chi connectivity index (χ0n) is 8.88. The van der Waals surface area contributed by atoms with Crippen LogP contribution in [-0.4, -0.2) is 11.7 Å². The van der Waals surface area contributed by atoms with Gasteiger partial charge in [-0.3, -0.25) is 0 Å². The van der Waals surface area contributed by atoms with Crippen molar-refractivity contribution in [1.29, 1.82) is 0 Å². The quantitative estimate of drug-likeness (QED) is 0.798. The second kappa shape index (κ2) is 5.93. The molecule has 0 heterocycles. The molecule has 0 spiro atoms. The standard InChI is InChI=1S/C11H15ClN2S/c1-3-13-11(15)14-8(2)9-4-6-10(12)7-5-9/h4-8H,3H2,1-2H3,(H2,13,14,15)/t8-/m0/s1. The zero-order chi connectivity index (χ0) is 11.3. The van der Waals surface area contributed by atoms with E-state index in [9.17, 15) is 0 Å². The molecule has 82 valence electrons. The summed E-state index contributed by atoms with van der Waals surface area (Å²) in [6, 6.07) is 7.94. The van der Waals surface area contributed by atoms with Crippen molar-refractivity contribution < 1.29 is 0 Å². The van der Waals surface area contributed by atoms with Crippen LogP contribution >= 0.6 is 23.8 Å². The van der Waals surface area contributed by atoms with E-state index in [4.69, 9.17) is 23.8 Å². The molecule has 0 aliphatic rings. The first kappa shape index (κ1) is 12.3. The third-order valence-electron chi connectivity index (χ3n) is 2.05. The van der Waals surface area contributed by atoms with Crippen molar-refractivity contribution in [3.63, 3.8) is 0 Å². The predicted molar refractivity (Wildman–Crippen MR) is 69.3 cm³/mol. The van der Waals surface area contributed by atoms with Gasteiger partial charge in [0.15, 0.2) is 5.11 Å². The average molecular weight is 243 g/mol. The van der Waals surface area contributed by atoms with E-state index in [0.29, 0.717) is 5.11 Å². The maximum absolute atomic E-state index is 5.81. The number of benzene rings is 1. The summed E-state index contributed by atoms with van der Waals surface area (Å²) < 4.78 is 0. The van der Waals surface area contributed by atoms with Crippen molar-refractivity contribution in [1.82, 2.24) is 10.6 Å². The Balaban J connectivity index is 2.57. The molecule has 0 fully saturated rings. The van der Waals surface area contributed by atoms with E-state index in [0.717, 1.165) is 11.6 Å². The SMILES string of the molecule is CCNC(=S)N[C@@H](C)c1ccc(Cl)cc1. The lowest BCUT2D eigenvalue weighted by Gasteiger charge is -2.16. The second-order valence-corrected chi connectivity index (χ2v) is 4.12. The summed E-state index contributed by atoms with van der Waals surface area (Å²) in [6.45, 7) is 4.91. The van der Waals surface area contributed by atoms with Gasteiger partial charge in [0.1, 0.15) is 0 Å². The molecule has 1 aromatic carbocycles. The normalized spacial score (nSPS) is 11.9. The van der Waals surface area contributed by atoms with Crippen LogP contribution in [0.2, 0.25) is 5.02 Å². The van der Waals surface area contributed by atoms with Gasteiger partial charge in [-0.05, 0) is 43.8 Å². The Morgan fingerprint density at radius 3 is 2.53 bits per heavy atom. The zero-order valence-corrected chi connectivity index (χ0v) is 10.5. The molecule has 2 N–H and O–H groups in total. The molecule has 0 aliphatic heterocycles. The van der Waals surface area contributed by atoms with Gasteiger partial charge in [0.25, 0.3) is 0 Å². The minimum Gasteiger partial charge on any atom is -0.363 e. The average Bonchev–Trinajstić information content (AvgIpc) is 2.18. The molecule has 0 radical (unpaired) electrons. The molecule has 0 bridgehead atoms. The van der Waals surface area contributed by atoms with Crippen molar-refractivity contribution in [2.24, 2.45) is 0 Å². The van der Waals surface area contributed by atoms with Crippen LogP contribution in [0.4, 0.5) is 0 Å². The summed E-state index contributed by atoms with van der Waals surface area (Å²) in [5.41, 5.74) is 1.17. The topological polar surface area (TPSA) is 24.1 Å². The molecule has 0 saturated heterocycles. The van der Waals surface area contributed by atoms with E-state index in [1.165, 1.54) is 5.56 Å². The number of thiocarbonyl (C=S) groups is 1. The van der Waals surface area contributed by atoms with E-state index < -0.39 is 0 Å². The summed E-state index contributed by atoms with van der Waals surface area (Å²) >= 11 is 10.9. The Morgan fingerprint density at radius 2 is 2.00 bits per heavy atom. The number of rotatable bonds is 3. The molecule has 2 nitrogen and oxygen atoms in total. The van der Waals surface area contributed by atoms with E-state index in [1.54, 1.807) is 0 Å². The van der Waals surface area contributed by atoms with Crippen LogP contribution in [-0.2, 0) is 0 Å². The Morgan fingerprint density at radius 1 is 1.40 bits per heavy atom. The third kappa shape index (κ3) is 4.06. The fraction of sp³-hybridized carbons (Fsp3) is 0.364. The van der Waals surface area contributed by atoms with Gasteiger partial charge < -0.3 is 10.6 Å². The molecular formula is C11H15ClN2S. The Bertz CT molecular complexity index is 324. The Labute approximate surface area is 101 Å². The first-order valence-electron chi connectivity index (χ1n) is 4.93. The second-order valence-electron chi connectivity index (χ2n) is 3.28. The van der Waals surface area contributed by atoms with E-state index in [-0.39, 0.29) is 6.04 Å². The molecule has 4 heteroatoms. The van der Waals surface area contributed by atoms with Gasteiger partial charge in [0.05, 0.1) is 6.04 Å². The lowest BCUT2D eigenvalue weighted by Crippen LogP contribution is -2.36. The van der Waals surface area contributed by atoms with Gasteiger partial charge in [0, 0.05) is 11.6 Å². The monoisotopic (exact) mass is 242 g/mol. The van der Waals surface area contributed by atoms with Gasteiger partial charge in [-0.15, -0.1) is 0 Å². The van der Waals surface area contributed by atoms with E-state index in [1.807, 2.05) is 31.2 Å². The lowest BCUT2D eigenvalue weighted by atomic mass is 10.1. The molecule has 1 atom stereocenters. The van der Waals surface area contributed by atoms with Gasteiger partial charge in [-0.2, -0.15) is 0 Å². The minimum atomic E-state index is 0.189. The van der Waals surface area contributed by atoms with Gasteiger partial charge in [0.2, 0.25) is 0 Å². The van der Waals surface area contributed by atoms with Crippen molar-refractivity contribution in [3.05, 3.63) is 34.9 Å². The number of nitrogens with one attached hydrogen (secondary N) is 2. The molecule has 15 heavy (non-hydrogen) atoms. The lowest BCUT2D eigenvalue weighted by molar-refractivity contribution is 0.702. The molecule has 0 unspecified atom stereocenters. The Kier molecular flexibility index (Phi) is 4.85. The van der Waals surface area contributed by atoms with Crippen molar-refractivity contribution in [3.8, 4) is 0 Å². The fourth-order valence-electron chi connectivity index (χ4n) is 1.24.